The Balaban J connectivity index is 2.37. The minimum atomic E-state index is -0.348. The number of amides is 1. The van der Waals surface area contributed by atoms with Crippen LogP contribution in [0, 0.1) is 0 Å². The second-order valence-electron chi connectivity index (χ2n) is 3.83. The SMILES string of the molecule is C[C@@H]1Cc2cc(C(N)=O)ccc2CN1. The average molecular weight is 190 g/mol. The van der Waals surface area contributed by atoms with Gasteiger partial charge in [-0.25, -0.2) is 0 Å². The molecule has 0 spiro atoms. The van der Waals surface area contributed by atoms with Crippen LogP contribution < -0.4 is 11.1 Å². The van der Waals surface area contributed by atoms with Crippen LogP contribution in [-0.4, -0.2) is 11.9 Å². The van der Waals surface area contributed by atoms with Crippen molar-refractivity contribution in [1.82, 2.24) is 5.32 Å². The van der Waals surface area contributed by atoms with E-state index in [1.807, 2.05) is 12.1 Å². The van der Waals surface area contributed by atoms with Crippen molar-refractivity contribution in [2.75, 3.05) is 0 Å². The van der Waals surface area contributed by atoms with Crippen molar-refractivity contribution in [3.8, 4) is 0 Å². The molecule has 0 unspecified atom stereocenters. The fourth-order valence-corrected chi connectivity index (χ4v) is 1.83. The van der Waals surface area contributed by atoms with E-state index < -0.39 is 0 Å². The molecule has 1 heterocycles. The van der Waals surface area contributed by atoms with Gasteiger partial charge in [0, 0.05) is 18.2 Å². The third-order valence-corrected chi connectivity index (χ3v) is 2.66. The quantitative estimate of drug-likeness (QED) is 0.688. The van der Waals surface area contributed by atoms with Crippen LogP contribution in [0.2, 0.25) is 0 Å². The number of carbonyl (C=O) groups is 1. The Bertz CT molecular complexity index is 374. The molecule has 1 aromatic rings. The highest BCUT2D eigenvalue weighted by Crippen LogP contribution is 2.18. The van der Waals surface area contributed by atoms with Crippen LogP contribution in [0.5, 0.6) is 0 Å². The van der Waals surface area contributed by atoms with Crippen LogP contribution >= 0.6 is 0 Å². The van der Waals surface area contributed by atoms with Crippen LogP contribution in [-0.2, 0) is 13.0 Å². The molecule has 3 N–H and O–H groups in total. The molecule has 74 valence electrons. The van der Waals surface area contributed by atoms with Crippen LogP contribution in [0.4, 0.5) is 0 Å². The second kappa shape index (κ2) is 3.42. The summed E-state index contributed by atoms with van der Waals surface area (Å²) in [6.45, 7) is 3.02. The van der Waals surface area contributed by atoms with Gasteiger partial charge < -0.3 is 11.1 Å². The fourth-order valence-electron chi connectivity index (χ4n) is 1.83. The van der Waals surface area contributed by atoms with Crippen LogP contribution in [0.3, 0.4) is 0 Å². The first-order valence-corrected chi connectivity index (χ1v) is 4.82. The summed E-state index contributed by atoms with van der Waals surface area (Å²) in [4.78, 5) is 11.0. The molecule has 0 aromatic heterocycles. The molecule has 0 saturated heterocycles. The molecule has 1 aliphatic rings. The van der Waals surface area contributed by atoms with Crippen molar-refractivity contribution in [3.05, 3.63) is 34.9 Å². The molecule has 1 atom stereocenters. The first-order chi connectivity index (χ1) is 6.66. The summed E-state index contributed by atoms with van der Waals surface area (Å²) in [5.74, 6) is -0.348. The lowest BCUT2D eigenvalue weighted by Crippen LogP contribution is -2.33. The predicted molar refractivity (Wildman–Crippen MR) is 55.0 cm³/mol. The Morgan fingerprint density at radius 3 is 3.00 bits per heavy atom. The smallest absolute Gasteiger partial charge is 0.248 e. The van der Waals surface area contributed by atoms with Crippen molar-refractivity contribution in [2.24, 2.45) is 5.73 Å². The lowest BCUT2D eigenvalue weighted by molar-refractivity contribution is 0.1000. The topological polar surface area (TPSA) is 55.1 Å². The summed E-state index contributed by atoms with van der Waals surface area (Å²) in [6.07, 6.45) is 0.969. The normalized spacial score (nSPS) is 20.2. The monoisotopic (exact) mass is 190 g/mol. The van der Waals surface area contributed by atoms with Gasteiger partial charge in [-0.15, -0.1) is 0 Å². The molecule has 0 bridgehead atoms. The lowest BCUT2D eigenvalue weighted by atomic mass is 9.94. The van der Waals surface area contributed by atoms with Gasteiger partial charge in [0.15, 0.2) is 0 Å². The summed E-state index contributed by atoms with van der Waals surface area (Å²) in [7, 11) is 0. The van der Waals surface area contributed by atoms with Gasteiger partial charge in [-0.2, -0.15) is 0 Å². The Labute approximate surface area is 83.3 Å². The van der Waals surface area contributed by atoms with Crippen molar-refractivity contribution in [2.45, 2.75) is 25.9 Å². The maximum absolute atomic E-state index is 11.0. The number of primary amides is 1. The Kier molecular flexibility index (Phi) is 2.25. The van der Waals surface area contributed by atoms with Crippen LogP contribution in [0.15, 0.2) is 18.2 Å². The fraction of sp³-hybridized carbons (Fsp3) is 0.364. The molecule has 2 rings (SSSR count). The zero-order valence-corrected chi connectivity index (χ0v) is 8.21. The second-order valence-corrected chi connectivity index (χ2v) is 3.83. The van der Waals surface area contributed by atoms with E-state index in [1.165, 1.54) is 11.1 Å². The summed E-state index contributed by atoms with van der Waals surface area (Å²) in [5.41, 5.74) is 8.35. The average Bonchev–Trinajstić information content (AvgIpc) is 2.16. The number of benzene rings is 1. The highest BCUT2D eigenvalue weighted by atomic mass is 16.1. The first kappa shape index (κ1) is 9.21. The number of hydrogen-bond donors (Lipinski definition) is 2. The predicted octanol–water partition coefficient (Wildman–Crippen LogP) is 0.820. The van der Waals surface area contributed by atoms with Crippen molar-refractivity contribution >= 4 is 5.91 Å². The summed E-state index contributed by atoms with van der Waals surface area (Å²) in [6, 6.07) is 6.16. The molecular weight excluding hydrogens is 176 g/mol. The minimum Gasteiger partial charge on any atom is -0.366 e. The molecule has 1 aromatic carbocycles. The number of hydrogen-bond acceptors (Lipinski definition) is 2. The van der Waals surface area contributed by atoms with Gasteiger partial charge >= 0.3 is 0 Å². The molecule has 3 nitrogen and oxygen atoms in total. The van der Waals surface area contributed by atoms with Crippen LogP contribution in [0.25, 0.3) is 0 Å². The van der Waals surface area contributed by atoms with Gasteiger partial charge in [0.05, 0.1) is 0 Å². The van der Waals surface area contributed by atoms with E-state index >= 15 is 0 Å². The molecule has 3 heteroatoms. The van der Waals surface area contributed by atoms with E-state index in [0.29, 0.717) is 11.6 Å². The molecule has 1 amide bonds. The number of carbonyl (C=O) groups excluding carboxylic acids is 1. The molecule has 1 aliphatic heterocycles. The van der Waals surface area contributed by atoms with Gasteiger partial charge in [-0.05, 0) is 36.6 Å². The Morgan fingerprint density at radius 2 is 2.29 bits per heavy atom. The van der Waals surface area contributed by atoms with Crippen molar-refractivity contribution in [3.63, 3.8) is 0 Å². The Morgan fingerprint density at radius 1 is 1.50 bits per heavy atom. The largest absolute Gasteiger partial charge is 0.366 e. The molecule has 0 fully saturated rings. The van der Waals surface area contributed by atoms with E-state index in [1.54, 1.807) is 6.07 Å². The van der Waals surface area contributed by atoms with E-state index in [2.05, 4.69) is 12.2 Å². The maximum Gasteiger partial charge on any atom is 0.248 e. The van der Waals surface area contributed by atoms with E-state index in [-0.39, 0.29) is 5.91 Å². The summed E-state index contributed by atoms with van der Waals surface area (Å²) >= 11 is 0. The number of nitrogens with one attached hydrogen (secondary N) is 1. The van der Waals surface area contributed by atoms with Crippen molar-refractivity contribution < 1.29 is 4.79 Å². The highest BCUT2D eigenvalue weighted by molar-refractivity contribution is 5.93. The van der Waals surface area contributed by atoms with E-state index in [9.17, 15) is 4.79 Å². The number of fused-ring (bicyclic) bond motifs is 1. The summed E-state index contributed by atoms with van der Waals surface area (Å²) < 4.78 is 0. The molecule has 0 aliphatic carbocycles. The molecule has 0 saturated carbocycles. The zero-order valence-electron chi connectivity index (χ0n) is 8.21. The number of nitrogens with two attached hydrogens (primary N) is 1. The van der Waals surface area contributed by atoms with Gasteiger partial charge in [-0.3, -0.25) is 4.79 Å². The Hall–Kier alpha value is -1.35. The van der Waals surface area contributed by atoms with Crippen LogP contribution in [0.1, 0.15) is 28.4 Å². The summed E-state index contributed by atoms with van der Waals surface area (Å²) in [5, 5.41) is 3.37. The lowest BCUT2D eigenvalue weighted by Gasteiger charge is -2.23. The standard InChI is InChI=1S/C11H14N2O/c1-7-4-10-5-8(11(12)14)2-3-9(10)6-13-7/h2-3,5,7,13H,4,6H2,1H3,(H2,12,14)/t7-/m1/s1. The van der Waals surface area contributed by atoms with Gasteiger partial charge in [0.2, 0.25) is 5.91 Å². The third-order valence-electron chi connectivity index (χ3n) is 2.66. The molecule has 14 heavy (non-hydrogen) atoms. The van der Waals surface area contributed by atoms with E-state index in [4.69, 9.17) is 5.73 Å². The molecular formula is C11H14N2O. The minimum absolute atomic E-state index is 0.348. The van der Waals surface area contributed by atoms with Gasteiger partial charge in [0.1, 0.15) is 0 Å². The zero-order chi connectivity index (χ0) is 10.1. The van der Waals surface area contributed by atoms with Gasteiger partial charge in [-0.1, -0.05) is 6.07 Å². The van der Waals surface area contributed by atoms with Crippen molar-refractivity contribution in [1.29, 1.82) is 0 Å². The maximum atomic E-state index is 11.0. The number of rotatable bonds is 1. The van der Waals surface area contributed by atoms with Gasteiger partial charge in [0.25, 0.3) is 0 Å². The highest BCUT2D eigenvalue weighted by Gasteiger charge is 2.15. The third kappa shape index (κ3) is 1.63. The first-order valence-electron chi connectivity index (χ1n) is 4.82. The molecule has 0 radical (unpaired) electrons. The van der Waals surface area contributed by atoms with E-state index in [0.717, 1.165) is 13.0 Å².